The summed E-state index contributed by atoms with van der Waals surface area (Å²) in [5, 5.41) is 2.72. The molecule has 1 aliphatic heterocycles. The lowest BCUT2D eigenvalue weighted by Gasteiger charge is -2.16. The van der Waals surface area contributed by atoms with Crippen molar-refractivity contribution in [3.05, 3.63) is 0 Å². The van der Waals surface area contributed by atoms with Gasteiger partial charge < -0.3 is 20.5 Å². The summed E-state index contributed by atoms with van der Waals surface area (Å²) in [6.45, 7) is 6.01. The van der Waals surface area contributed by atoms with Crippen LogP contribution in [0.15, 0.2) is 0 Å². The highest BCUT2D eigenvalue weighted by Gasteiger charge is 2.30. The molecule has 1 fully saturated rings. The third kappa shape index (κ3) is 5.16. The molecule has 1 amide bonds. The molecule has 3 atom stereocenters. The van der Waals surface area contributed by atoms with Crippen molar-refractivity contribution in [2.24, 2.45) is 11.7 Å². The maximum atomic E-state index is 11.8. The van der Waals surface area contributed by atoms with Gasteiger partial charge in [-0.3, -0.25) is 9.59 Å². The third-order valence-corrected chi connectivity index (χ3v) is 3.00. The maximum Gasteiger partial charge on any atom is 0.310 e. The molecule has 0 saturated carbocycles. The second-order valence-corrected chi connectivity index (χ2v) is 5.19. The summed E-state index contributed by atoms with van der Waals surface area (Å²) in [5.41, 5.74) is 5.49. The van der Waals surface area contributed by atoms with Crippen molar-refractivity contribution in [1.82, 2.24) is 5.32 Å². The van der Waals surface area contributed by atoms with Crippen LogP contribution >= 0.6 is 0 Å². The summed E-state index contributed by atoms with van der Waals surface area (Å²) < 4.78 is 10.5. The average Bonchev–Trinajstić information content (AvgIpc) is 2.83. The van der Waals surface area contributed by atoms with Crippen LogP contribution < -0.4 is 11.1 Å². The van der Waals surface area contributed by atoms with Crippen molar-refractivity contribution in [1.29, 1.82) is 0 Å². The zero-order valence-electron chi connectivity index (χ0n) is 11.8. The number of hydrogen-bond donors (Lipinski definition) is 2. The number of nitrogens with one attached hydrogen (secondary N) is 1. The molecule has 19 heavy (non-hydrogen) atoms. The van der Waals surface area contributed by atoms with E-state index in [2.05, 4.69) is 5.32 Å². The fraction of sp³-hybridized carbons (Fsp3) is 0.846. The van der Waals surface area contributed by atoms with Crippen LogP contribution in [0.1, 0.15) is 33.6 Å². The van der Waals surface area contributed by atoms with Crippen LogP contribution in [0.3, 0.4) is 0 Å². The van der Waals surface area contributed by atoms with Crippen molar-refractivity contribution < 1.29 is 19.1 Å². The summed E-state index contributed by atoms with van der Waals surface area (Å²) >= 11 is 0. The summed E-state index contributed by atoms with van der Waals surface area (Å²) in [6, 6.07) is 0. The summed E-state index contributed by atoms with van der Waals surface area (Å²) in [5.74, 6) is -0.847. The topological polar surface area (TPSA) is 90.7 Å². The smallest absolute Gasteiger partial charge is 0.310 e. The van der Waals surface area contributed by atoms with Gasteiger partial charge in [0.2, 0.25) is 5.91 Å². The van der Waals surface area contributed by atoms with Gasteiger partial charge in [-0.25, -0.2) is 0 Å². The highest BCUT2D eigenvalue weighted by Crippen LogP contribution is 2.18. The molecule has 0 aliphatic carbocycles. The molecule has 0 radical (unpaired) electrons. The van der Waals surface area contributed by atoms with Crippen LogP contribution in [-0.2, 0) is 19.1 Å². The number of amides is 1. The third-order valence-electron chi connectivity index (χ3n) is 3.00. The first-order valence-electron chi connectivity index (χ1n) is 6.77. The first kappa shape index (κ1) is 15.9. The number of carbonyl (C=O) groups excluding carboxylic acids is 2. The fourth-order valence-corrected chi connectivity index (χ4v) is 1.87. The second-order valence-electron chi connectivity index (χ2n) is 5.19. The van der Waals surface area contributed by atoms with E-state index in [-0.39, 0.29) is 36.5 Å². The fourth-order valence-electron chi connectivity index (χ4n) is 1.87. The van der Waals surface area contributed by atoms with Crippen molar-refractivity contribution in [3.63, 3.8) is 0 Å². The lowest BCUT2D eigenvalue weighted by molar-refractivity contribution is -0.151. The highest BCUT2D eigenvalue weighted by atomic mass is 16.5. The Balaban J connectivity index is 2.28. The molecular formula is C13H24N2O4. The van der Waals surface area contributed by atoms with Gasteiger partial charge in [0.05, 0.1) is 18.1 Å². The van der Waals surface area contributed by atoms with E-state index in [1.807, 2.05) is 0 Å². The summed E-state index contributed by atoms with van der Waals surface area (Å²) in [6.07, 6.45) is 0.869. The van der Waals surface area contributed by atoms with Gasteiger partial charge in [0.1, 0.15) is 6.10 Å². The number of esters is 1. The largest absolute Gasteiger partial charge is 0.463 e. The Hall–Kier alpha value is -1.14. The lowest BCUT2D eigenvalue weighted by atomic mass is 10.1. The standard InChI is InChI=1S/C13H24N2O4/c1-8(2)18-13(17)9(3)7-15-12(16)11-5-4-10(6-14)19-11/h8-11H,4-7,14H2,1-3H3,(H,15,16)/t9?,10-,11+/m1/s1. The van der Waals surface area contributed by atoms with Crippen LogP contribution in [0.4, 0.5) is 0 Å². The molecule has 3 N–H and O–H groups in total. The van der Waals surface area contributed by atoms with Crippen LogP contribution in [-0.4, -0.2) is 43.3 Å². The van der Waals surface area contributed by atoms with Crippen molar-refractivity contribution >= 4 is 11.9 Å². The first-order chi connectivity index (χ1) is 8.93. The lowest BCUT2D eigenvalue weighted by Crippen LogP contribution is -2.39. The normalized spacial score (nSPS) is 24.3. The Morgan fingerprint density at radius 3 is 2.58 bits per heavy atom. The van der Waals surface area contributed by atoms with E-state index >= 15 is 0 Å². The van der Waals surface area contributed by atoms with Gasteiger partial charge in [0.15, 0.2) is 0 Å². The van der Waals surface area contributed by atoms with Crippen LogP contribution in [0.2, 0.25) is 0 Å². The van der Waals surface area contributed by atoms with Gasteiger partial charge >= 0.3 is 5.97 Å². The number of carbonyl (C=O) groups is 2. The molecule has 1 heterocycles. The second kappa shape index (κ2) is 7.45. The van der Waals surface area contributed by atoms with E-state index in [9.17, 15) is 9.59 Å². The predicted molar refractivity (Wildman–Crippen MR) is 70.4 cm³/mol. The molecule has 1 saturated heterocycles. The Labute approximate surface area is 114 Å². The average molecular weight is 272 g/mol. The molecule has 0 aromatic rings. The van der Waals surface area contributed by atoms with Gasteiger partial charge in [-0.2, -0.15) is 0 Å². The number of rotatable bonds is 6. The van der Waals surface area contributed by atoms with Crippen LogP contribution in [0, 0.1) is 5.92 Å². The summed E-state index contributed by atoms with van der Waals surface area (Å²) in [7, 11) is 0. The van der Waals surface area contributed by atoms with Gasteiger partial charge in [0.25, 0.3) is 0 Å². The predicted octanol–water partition coefficient (Wildman–Crippen LogP) is 0.197. The molecule has 1 rings (SSSR count). The zero-order valence-corrected chi connectivity index (χ0v) is 11.8. The monoisotopic (exact) mass is 272 g/mol. The Morgan fingerprint density at radius 2 is 2.05 bits per heavy atom. The Morgan fingerprint density at radius 1 is 1.37 bits per heavy atom. The van der Waals surface area contributed by atoms with Gasteiger partial charge in [-0.1, -0.05) is 6.92 Å². The minimum Gasteiger partial charge on any atom is -0.463 e. The van der Waals surface area contributed by atoms with Crippen molar-refractivity contribution in [2.75, 3.05) is 13.1 Å². The van der Waals surface area contributed by atoms with E-state index in [0.717, 1.165) is 6.42 Å². The number of ether oxygens (including phenoxy) is 2. The minimum absolute atomic E-state index is 0.0286. The molecule has 1 aliphatic rings. The molecule has 1 unspecified atom stereocenters. The Kier molecular flexibility index (Phi) is 6.24. The molecule has 0 spiro atoms. The van der Waals surface area contributed by atoms with Crippen molar-refractivity contribution in [2.45, 2.75) is 51.9 Å². The zero-order chi connectivity index (χ0) is 14.4. The van der Waals surface area contributed by atoms with E-state index in [1.165, 1.54) is 0 Å². The van der Waals surface area contributed by atoms with E-state index in [4.69, 9.17) is 15.2 Å². The van der Waals surface area contributed by atoms with E-state index in [1.54, 1.807) is 20.8 Å². The number of hydrogen-bond acceptors (Lipinski definition) is 5. The van der Waals surface area contributed by atoms with Gasteiger partial charge in [-0.05, 0) is 26.7 Å². The van der Waals surface area contributed by atoms with Crippen LogP contribution in [0.5, 0.6) is 0 Å². The first-order valence-corrected chi connectivity index (χ1v) is 6.77. The van der Waals surface area contributed by atoms with E-state index < -0.39 is 6.10 Å². The number of nitrogens with two attached hydrogens (primary N) is 1. The highest BCUT2D eigenvalue weighted by molar-refractivity contribution is 5.82. The molecular weight excluding hydrogens is 248 g/mol. The SMILES string of the molecule is CC(C)OC(=O)C(C)CNC(=O)[C@@H]1CC[C@H](CN)O1. The minimum atomic E-state index is -0.443. The Bertz CT molecular complexity index is 320. The molecule has 0 aromatic carbocycles. The molecule has 6 heteroatoms. The van der Waals surface area contributed by atoms with Gasteiger partial charge in [0, 0.05) is 13.1 Å². The van der Waals surface area contributed by atoms with E-state index in [0.29, 0.717) is 13.0 Å². The van der Waals surface area contributed by atoms with Crippen molar-refractivity contribution in [3.8, 4) is 0 Å². The molecule has 6 nitrogen and oxygen atoms in total. The maximum absolute atomic E-state index is 11.8. The molecule has 110 valence electrons. The van der Waals surface area contributed by atoms with Crippen LogP contribution in [0.25, 0.3) is 0 Å². The van der Waals surface area contributed by atoms with Gasteiger partial charge in [-0.15, -0.1) is 0 Å². The molecule has 0 bridgehead atoms. The quantitative estimate of drug-likeness (QED) is 0.674. The molecule has 0 aromatic heterocycles. The summed E-state index contributed by atoms with van der Waals surface area (Å²) in [4.78, 5) is 23.4.